The van der Waals surface area contributed by atoms with Crippen molar-refractivity contribution in [3.63, 3.8) is 0 Å². The van der Waals surface area contributed by atoms with Gasteiger partial charge in [-0.2, -0.15) is 0 Å². The highest BCUT2D eigenvalue weighted by atomic mass is 35.5. The minimum Gasteiger partial charge on any atom is -0.344 e. The first kappa shape index (κ1) is 14.0. The molecule has 0 spiro atoms. The molecular formula is C14H12ClN3O2. The second-order valence-corrected chi connectivity index (χ2v) is 4.54. The fourth-order valence-electron chi connectivity index (χ4n) is 1.65. The predicted molar refractivity (Wildman–Crippen MR) is 80.9 cm³/mol. The molecule has 0 bridgehead atoms. The van der Waals surface area contributed by atoms with Crippen LogP contribution in [0.1, 0.15) is 6.92 Å². The van der Waals surface area contributed by atoms with Crippen LogP contribution in [0.4, 0.5) is 17.1 Å². The Kier molecular flexibility index (Phi) is 4.32. The number of amidine groups is 1. The van der Waals surface area contributed by atoms with Crippen LogP contribution in [0.3, 0.4) is 0 Å². The van der Waals surface area contributed by atoms with E-state index in [1.54, 1.807) is 24.3 Å². The molecule has 0 aromatic heterocycles. The van der Waals surface area contributed by atoms with E-state index in [2.05, 4.69) is 10.3 Å². The van der Waals surface area contributed by atoms with Gasteiger partial charge in [0.05, 0.1) is 10.6 Å². The number of aliphatic imine (C=N–C) groups is 1. The first-order chi connectivity index (χ1) is 9.54. The first-order valence-corrected chi connectivity index (χ1v) is 6.25. The number of hydrogen-bond acceptors (Lipinski definition) is 3. The maximum atomic E-state index is 10.6. The number of non-ortho nitro benzene ring substituents is 1. The van der Waals surface area contributed by atoms with Gasteiger partial charge in [0.15, 0.2) is 0 Å². The van der Waals surface area contributed by atoms with Crippen LogP contribution < -0.4 is 5.32 Å². The lowest BCUT2D eigenvalue weighted by atomic mass is 10.3. The van der Waals surface area contributed by atoms with Crippen LogP contribution in [0.25, 0.3) is 0 Å². The zero-order chi connectivity index (χ0) is 14.5. The second kappa shape index (κ2) is 6.16. The molecule has 2 aromatic rings. The Balaban J connectivity index is 2.12. The summed E-state index contributed by atoms with van der Waals surface area (Å²) in [4.78, 5) is 14.4. The lowest BCUT2D eigenvalue weighted by molar-refractivity contribution is -0.384. The summed E-state index contributed by atoms with van der Waals surface area (Å²) in [5, 5.41) is 14.3. The smallest absolute Gasteiger partial charge is 0.269 e. The molecule has 0 heterocycles. The Morgan fingerprint density at radius 1 is 1.25 bits per heavy atom. The van der Waals surface area contributed by atoms with E-state index in [4.69, 9.17) is 11.6 Å². The molecule has 0 radical (unpaired) electrons. The number of hydrogen-bond donors (Lipinski definition) is 1. The van der Waals surface area contributed by atoms with E-state index >= 15 is 0 Å². The molecule has 102 valence electrons. The minimum atomic E-state index is -0.440. The van der Waals surface area contributed by atoms with E-state index in [1.807, 2.05) is 19.1 Å². The summed E-state index contributed by atoms with van der Waals surface area (Å²) >= 11 is 5.89. The van der Waals surface area contributed by atoms with Crippen LogP contribution in [0.15, 0.2) is 53.5 Å². The van der Waals surface area contributed by atoms with Crippen molar-refractivity contribution >= 4 is 34.5 Å². The summed E-state index contributed by atoms with van der Waals surface area (Å²) in [6, 6.07) is 13.3. The normalized spacial score (nSPS) is 11.2. The number of nitro benzene ring substituents is 1. The van der Waals surface area contributed by atoms with Gasteiger partial charge in [-0.25, -0.2) is 4.99 Å². The lowest BCUT2D eigenvalue weighted by Crippen LogP contribution is -2.06. The molecule has 0 amide bonds. The zero-order valence-electron chi connectivity index (χ0n) is 10.7. The summed E-state index contributed by atoms with van der Waals surface area (Å²) in [6.45, 7) is 1.81. The predicted octanol–water partition coefficient (Wildman–Crippen LogP) is 4.41. The molecule has 0 aliphatic rings. The summed E-state index contributed by atoms with van der Waals surface area (Å²) in [5.74, 6) is 0.668. The first-order valence-electron chi connectivity index (χ1n) is 5.87. The Morgan fingerprint density at radius 2 is 1.95 bits per heavy atom. The third kappa shape index (κ3) is 3.80. The summed E-state index contributed by atoms with van der Waals surface area (Å²) in [7, 11) is 0. The summed E-state index contributed by atoms with van der Waals surface area (Å²) in [5.41, 5.74) is 1.52. The van der Waals surface area contributed by atoms with Crippen LogP contribution in [-0.4, -0.2) is 10.8 Å². The van der Waals surface area contributed by atoms with E-state index < -0.39 is 4.92 Å². The molecule has 0 atom stereocenters. The molecule has 0 aliphatic carbocycles. The van der Waals surface area contributed by atoms with Crippen molar-refractivity contribution in [1.82, 2.24) is 0 Å². The largest absolute Gasteiger partial charge is 0.344 e. The highest BCUT2D eigenvalue weighted by Crippen LogP contribution is 2.19. The van der Waals surface area contributed by atoms with Gasteiger partial charge in [0.25, 0.3) is 5.69 Å². The number of halogens is 1. The Labute approximate surface area is 121 Å². The van der Waals surface area contributed by atoms with Crippen LogP contribution in [0.2, 0.25) is 5.02 Å². The van der Waals surface area contributed by atoms with Crippen molar-refractivity contribution in [3.05, 3.63) is 63.7 Å². The molecule has 6 heteroatoms. The van der Waals surface area contributed by atoms with E-state index in [0.717, 1.165) is 5.69 Å². The van der Waals surface area contributed by atoms with Gasteiger partial charge in [-0.05, 0) is 37.3 Å². The molecule has 0 saturated heterocycles. The van der Waals surface area contributed by atoms with Crippen LogP contribution in [-0.2, 0) is 0 Å². The number of nitrogens with one attached hydrogen (secondary N) is 1. The van der Waals surface area contributed by atoms with Gasteiger partial charge in [-0.15, -0.1) is 0 Å². The van der Waals surface area contributed by atoms with Crippen molar-refractivity contribution in [3.8, 4) is 0 Å². The summed E-state index contributed by atoms with van der Waals surface area (Å²) < 4.78 is 0. The molecule has 0 saturated carbocycles. The number of anilines is 1. The maximum Gasteiger partial charge on any atom is 0.269 e. The molecule has 2 aromatic carbocycles. The van der Waals surface area contributed by atoms with Crippen molar-refractivity contribution in [2.75, 3.05) is 5.32 Å². The Morgan fingerprint density at radius 3 is 2.55 bits per heavy atom. The number of benzene rings is 2. The lowest BCUT2D eigenvalue weighted by Gasteiger charge is -2.06. The molecular weight excluding hydrogens is 278 g/mol. The number of nitro groups is 1. The average molecular weight is 290 g/mol. The molecule has 5 nitrogen and oxygen atoms in total. The quantitative estimate of drug-likeness (QED) is 0.394. The van der Waals surface area contributed by atoms with Gasteiger partial charge in [-0.1, -0.05) is 17.7 Å². The molecule has 2 rings (SSSR count). The fraction of sp³-hybridized carbons (Fsp3) is 0.0714. The molecule has 0 unspecified atom stereocenters. The Hall–Kier alpha value is -2.40. The highest BCUT2D eigenvalue weighted by Gasteiger charge is 2.03. The van der Waals surface area contributed by atoms with Gasteiger partial charge in [0, 0.05) is 22.8 Å². The van der Waals surface area contributed by atoms with Gasteiger partial charge in [-0.3, -0.25) is 10.1 Å². The molecule has 20 heavy (non-hydrogen) atoms. The van der Waals surface area contributed by atoms with Crippen LogP contribution in [0, 0.1) is 10.1 Å². The van der Waals surface area contributed by atoms with Gasteiger partial charge in [0.1, 0.15) is 5.84 Å². The third-order valence-corrected chi connectivity index (χ3v) is 2.74. The maximum absolute atomic E-state index is 10.6. The number of rotatable bonds is 3. The molecule has 0 fully saturated rings. The third-order valence-electron chi connectivity index (χ3n) is 2.51. The highest BCUT2D eigenvalue weighted by molar-refractivity contribution is 6.30. The van der Waals surface area contributed by atoms with Crippen molar-refractivity contribution in [1.29, 1.82) is 0 Å². The van der Waals surface area contributed by atoms with E-state index in [9.17, 15) is 10.1 Å². The van der Waals surface area contributed by atoms with Crippen LogP contribution >= 0.6 is 11.6 Å². The fourth-order valence-corrected chi connectivity index (χ4v) is 1.84. The van der Waals surface area contributed by atoms with Gasteiger partial charge >= 0.3 is 0 Å². The second-order valence-electron chi connectivity index (χ2n) is 4.11. The SMILES string of the molecule is CC(=Nc1ccc([N+](=O)[O-])cc1)Nc1cccc(Cl)c1. The Bertz CT molecular complexity index is 654. The van der Waals surface area contributed by atoms with E-state index in [0.29, 0.717) is 16.5 Å². The van der Waals surface area contributed by atoms with Crippen LogP contribution in [0.5, 0.6) is 0 Å². The topological polar surface area (TPSA) is 67.5 Å². The zero-order valence-corrected chi connectivity index (χ0v) is 11.5. The molecule has 0 aliphatic heterocycles. The van der Waals surface area contributed by atoms with Gasteiger partial charge in [0.2, 0.25) is 0 Å². The minimum absolute atomic E-state index is 0.0457. The number of nitrogens with zero attached hydrogens (tertiary/aromatic N) is 2. The van der Waals surface area contributed by atoms with E-state index in [1.165, 1.54) is 12.1 Å². The average Bonchev–Trinajstić information content (AvgIpc) is 2.39. The van der Waals surface area contributed by atoms with Crippen molar-refractivity contribution in [2.24, 2.45) is 4.99 Å². The van der Waals surface area contributed by atoms with Crippen molar-refractivity contribution in [2.45, 2.75) is 6.92 Å². The summed E-state index contributed by atoms with van der Waals surface area (Å²) in [6.07, 6.45) is 0. The van der Waals surface area contributed by atoms with Crippen molar-refractivity contribution < 1.29 is 4.92 Å². The monoisotopic (exact) mass is 289 g/mol. The standard InChI is InChI=1S/C14H12ClN3O2/c1-10(17-13-4-2-3-11(15)9-13)16-12-5-7-14(8-6-12)18(19)20/h2-9H,1H3,(H,16,17). The molecule has 1 N–H and O–H groups in total. The van der Waals surface area contributed by atoms with Gasteiger partial charge < -0.3 is 5.32 Å². The van der Waals surface area contributed by atoms with E-state index in [-0.39, 0.29) is 5.69 Å².